The van der Waals surface area contributed by atoms with Gasteiger partial charge in [0.05, 0.1) is 13.2 Å². The Morgan fingerprint density at radius 2 is 2.12 bits per heavy atom. The molecule has 92 valence electrons. The highest BCUT2D eigenvalue weighted by Crippen LogP contribution is 2.20. The molecule has 3 heterocycles. The molecule has 0 spiro atoms. The van der Waals surface area contributed by atoms with Gasteiger partial charge in [0.2, 0.25) is 0 Å². The molecule has 0 aromatic carbocycles. The van der Waals surface area contributed by atoms with Crippen LogP contribution in [0.25, 0.3) is 0 Å². The van der Waals surface area contributed by atoms with Gasteiger partial charge < -0.3 is 9.64 Å². The van der Waals surface area contributed by atoms with Gasteiger partial charge in [-0.2, -0.15) is 5.10 Å². The van der Waals surface area contributed by atoms with Crippen LogP contribution < -0.4 is 0 Å². The normalized spacial score (nSPS) is 20.1. The average molecular weight is 235 g/mol. The number of carbonyl (C=O) groups excluding carboxylic acids is 1. The molecule has 0 saturated carbocycles. The number of hydrogen-bond donors (Lipinski definition) is 1. The minimum Gasteiger partial charge on any atom is -0.376 e. The Morgan fingerprint density at radius 3 is 2.94 bits per heavy atom. The number of nitrogens with one attached hydrogen (secondary N) is 1. The average Bonchev–Trinajstić information content (AvgIpc) is 2.83. The molecule has 5 heteroatoms. The van der Waals surface area contributed by atoms with Gasteiger partial charge in [-0.3, -0.25) is 9.89 Å². The van der Waals surface area contributed by atoms with Gasteiger partial charge in [-0.15, -0.1) is 0 Å². The summed E-state index contributed by atoms with van der Waals surface area (Å²) in [5.41, 5.74) is 2.60. The van der Waals surface area contributed by atoms with E-state index in [2.05, 4.69) is 10.2 Å². The molecule has 1 amide bonds. The number of nitrogens with zero attached hydrogens (tertiary/aromatic N) is 2. The lowest BCUT2D eigenvalue weighted by atomic mass is 10.1. The summed E-state index contributed by atoms with van der Waals surface area (Å²) in [6.07, 6.45) is 4.27. The molecule has 1 aromatic rings. The van der Waals surface area contributed by atoms with Gasteiger partial charge >= 0.3 is 0 Å². The number of ether oxygens (including phenoxy) is 1. The summed E-state index contributed by atoms with van der Waals surface area (Å²) in [6.45, 7) is 2.95. The molecular weight excluding hydrogens is 218 g/mol. The van der Waals surface area contributed by atoms with Crippen molar-refractivity contribution in [2.45, 2.75) is 32.3 Å². The third-order valence-electron chi connectivity index (χ3n) is 3.54. The van der Waals surface area contributed by atoms with Crippen LogP contribution in [0.4, 0.5) is 0 Å². The van der Waals surface area contributed by atoms with Crippen LogP contribution in [-0.4, -0.2) is 40.7 Å². The largest absolute Gasteiger partial charge is 0.376 e. The first kappa shape index (κ1) is 10.8. The molecule has 3 rings (SSSR count). The molecule has 1 fully saturated rings. The molecular formula is C12H17N3O2. The zero-order chi connectivity index (χ0) is 11.7. The third-order valence-corrected chi connectivity index (χ3v) is 3.54. The number of fused-ring (bicyclic) bond motifs is 1. The predicted octanol–water partition coefficient (Wildman–Crippen LogP) is 1.11. The lowest BCUT2D eigenvalue weighted by Crippen LogP contribution is -2.36. The van der Waals surface area contributed by atoms with Crippen LogP contribution in [0, 0.1) is 0 Å². The number of aromatic amines is 1. The summed E-state index contributed by atoms with van der Waals surface area (Å²) in [5, 5.41) is 7.15. The third kappa shape index (κ3) is 1.95. The molecule has 1 aromatic heterocycles. The van der Waals surface area contributed by atoms with Gasteiger partial charge in [0.25, 0.3) is 5.91 Å². The Kier molecular flexibility index (Phi) is 2.84. The molecule has 0 atom stereocenters. The maximum absolute atomic E-state index is 12.3. The number of H-pyrrole nitrogens is 1. The van der Waals surface area contributed by atoms with E-state index in [1.54, 1.807) is 0 Å². The van der Waals surface area contributed by atoms with E-state index in [-0.39, 0.29) is 5.91 Å². The van der Waals surface area contributed by atoms with Gasteiger partial charge in [-0.05, 0) is 19.3 Å². The second-order valence-electron chi connectivity index (χ2n) is 4.68. The first-order valence-electron chi connectivity index (χ1n) is 6.29. The van der Waals surface area contributed by atoms with Crippen LogP contribution in [0.2, 0.25) is 0 Å². The maximum Gasteiger partial charge on any atom is 0.274 e. The molecule has 17 heavy (non-hydrogen) atoms. The van der Waals surface area contributed by atoms with Crippen molar-refractivity contribution in [3.05, 3.63) is 17.0 Å². The van der Waals surface area contributed by atoms with Crippen molar-refractivity contribution >= 4 is 5.91 Å². The quantitative estimate of drug-likeness (QED) is 0.793. The molecule has 0 aliphatic carbocycles. The van der Waals surface area contributed by atoms with Crippen LogP contribution in [0.15, 0.2) is 0 Å². The fourth-order valence-electron chi connectivity index (χ4n) is 2.54. The molecule has 0 radical (unpaired) electrons. The molecule has 0 unspecified atom stereocenters. The zero-order valence-electron chi connectivity index (χ0n) is 9.87. The Bertz CT molecular complexity index is 421. The van der Waals surface area contributed by atoms with Crippen molar-refractivity contribution in [1.82, 2.24) is 15.1 Å². The van der Waals surface area contributed by atoms with Crippen molar-refractivity contribution in [3.8, 4) is 0 Å². The molecule has 2 aliphatic rings. The lowest BCUT2D eigenvalue weighted by molar-refractivity contribution is 0.0705. The number of carbonyl (C=O) groups is 1. The molecule has 1 N–H and O–H groups in total. The standard InChI is InChI=1S/C12H17N3O2/c16-12(15-5-2-1-3-6-15)11-9-8-17-7-4-10(9)13-14-11/h1-8H2,(H,13,14). The predicted molar refractivity (Wildman–Crippen MR) is 61.7 cm³/mol. The number of aromatic nitrogens is 2. The summed E-state index contributed by atoms with van der Waals surface area (Å²) >= 11 is 0. The second kappa shape index (κ2) is 4.49. The highest BCUT2D eigenvalue weighted by Gasteiger charge is 2.26. The highest BCUT2D eigenvalue weighted by atomic mass is 16.5. The Labute approximate surface area is 100 Å². The van der Waals surface area contributed by atoms with E-state index in [9.17, 15) is 4.79 Å². The molecule has 2 aliphatic heterocycles. The lowest BCUT2D eigenvalue weighted by Gasteiger charge is -2.26. The summed E-state index contributed by atoms with van der Waals surface area (Å²) in [4.78, 5) is 14.2. The highest BCUT2D eigenvalue weighted by molar-refractivity contribution is 5.94. The van der Waals surface area contributed by atoms with Gasteiger partial charge in [0.1, 0.15) is 0 Å². The van der Waals surface area contributed by atoms with Gasteiger partial charge in [0.15, 0.2) is 5.69 Å². The number of hydrogen-bond acceptors (Lipinski definition) is 3. The van der Waals surface area contributed by atoms with Crippen molar-refractivity contribution in [1.29, 1.82) is 0 Å². The van der Waals surface area contributed by atoms with Crippen molar-refractivity contribution in [2.24, 2.45) is 0 Å². The zero-order valence-corrected chi connectivity index (χ0v) is 9.87. The fourth-order valence-corrected chi connectivity index (χ4v) is 2.54. The van der Waals surface area contributed by atoms with Crippen LogP contribution in [0.5, 0.6) is 0 Å². The van der Waals surface area contributed by atoms with Crippen molar-refractivity contribution in [2.75, 3.05) is 19.7 Å². The minimum absolute atomic E-state index is 0.0627. The van der Waals surface area contributed by atoms with Crippen LogP contribution in [0.3, 0.4) is 0 Å². The molecule has 1 saturated heterocycles. The monoisotopic (exact) mass is 235 g/mol. The molecule has 0 bridgehead atoms. The summed E-state index contributed by atoms with van der Waals surface area (Å²) < 4.78 is 5.40. The molecule has 5 nitrogen and oxygen atoms in total. The number of piperidine rings is 1. The first-order valence-corrected chi connectivity index (χ1v) is 6.29. The first-order chi connectivity index (χ1) is 8.36. The maximum atomic E-state index is 12.3. The van der Waals surface area contributed by atoms with Crippen LogP contribution in [-0.2, 0) is 17.8 Å². The number of amides is 1. The number of likely N-dealkylation sites (tertiary alicyclic amines) is 1. The minimum atomic E-state index is 0.0627. The van der Waals surface area contributed by atoms with E-state index >= 15 is 0 Å². The SMILES string of the molecule is O=C(c1n[nH]c2c1COCC2)N1CCCCC1. The Balaban J connectivity index is 1.83. The van der Waals surface area contributed by atoms with E-state index in [1.165, 1.54) is 6.42 Å². The van der Waals surface area contributed by atoms with Crippen LogP contribution >= 0.6 is 0 Å². The summed E-state index contributed by atoms with van der Waals surface area (Å²) in [6, 6.07) is 0. The van der Waals surface area contributed by atoms with E-state index in [1.807, 2.05) is 4.90 Å². The smallest absolute Gasteiger partial charge is 0.274 e. The van der Waals surface area contributed by atoms with E-state index in [0.717, 1.165) is 43.6 Å². The van der Waals surface area contributed by atoms with Crippen molar-refractivity contribution in [3.63, 3.8) is 0 Å². The van der Waals surface area contributed by atoms with Gasteiger partial charge in [0, 0.05) is 30.8 Å². The van der Waals surface area contributed by atoms with E-state index in [4.69, 9.17) is 4.74 Å². The van der Waals surface area contributed by atoms with E-state index < -0.39 is 0 Å². The van der Waals surface area contributed by atoms with Gasteiger partial charge in [-0.1, -0.05) is 0 Å². The number of rotatable bonds is 1. The van der Waals surface area contributed by atoms with E-state index in [0.29, 0.717) is 18.9 Å². The summed E-state index contributed by atoms with van der Waals surface area (Å²) in [5.74, 6) is 0.0627. The summed E-state index contributed by atoms with van der Waals surface area (Å²) in [7, 11) is 0. The Morgan fingerprint density at radius 1 is 1.29 bits per heavy atom. The van der Waals surface area contributed by atoms with Crippen molar-refractivity contribution < 1.29 is 9.53 Å². The van der Waals surface area contributed by atoms with Crippen LogP contribution in [0.1, 0.15) is 41.0 Å². The fraction of sp³-hybridized carbons (Fsp3) is 0.667. The second-order valence-corrected chi connectivity index (χ2v) is 4.68. The van der Waals surface area contributed by atoms with Gasteiger partial charge in [-0.25, -0.2) is 0 Å². The topological polar surface area (TPSA) is 58.2 Å². The Hall–Kier alpha value is -1.36.